The summed E-state index contributed by atoms with van der Waals surface area (Å²) in [6, 6.07) is 7.85. The summed E-state index contributed by atoms with van der Waals surface area (Å²) in [5.41, 5.74) is 2.01. The van der Waals surface area contributed by atoms with Crippen molar-refractivity contribution >= 4 is 17.6 Å². The number of methoxy groups -OCH3 is 1. The van der Waals surface area contributed by atoms with Crippen LogP contribution in [0.15, 0.2) is 29.3 Å². The number of aryl methyl sites for hydroxylation is 1. The van der Waals surface area contributed by atoms with Crippen molar-refractivity contribution in [2.24, 2.45) is 4.99 Å². The molecule has 0 aromatic heterocycles. The Balaban J connectivity index is 2.34. The summed E-state index contributed by atoms with van der Waals surface area (Å²) in [4.78, 5) is 16.0. The molecule has 1 aromatic carbocycles. The molecule has 6 nitrogen and oxygen atoms in total. The van der Waals surface area contributed by atoms with Crippen molar-refractivity contribution in [1.29, 1.82) is 0 Å². The summed E-state index contributed by atoms with van der Waals surface area (Å²) < 4.78 is 4.98. The molecule has 0 radical (unpaired) electrons. The first-order valence-electron chi connectivity index (χ1n) is 7.51. The van der Waals surface area contributed by atoms with Gasteiger partial charge in [-0.25, -0.2) is 0 Å². The lowest BCUT2D eigenvalue weighted by atomic mass is 10.1. The van der Waals surface area contributed by atoms with E-state index in [4.69, 9.17) is 4.74 Å². The molecule has 22 heavy (non-hydrogen) atoms. The Hall–Kier alpha value is -2.08. The SMILES string of the molecule is CCc1cccc(NC(=O)CNC(=NC)NCCCOC)c1. The van der Waals surface area contributed by atoms with Crippen LogP contribution in [0.25, 0.3) is 0 Å². The second-order valence-corrected chi connectivity index (χ2v) is 4.80. The lowest BCUT2D eigenvalue weighted by Gasteiger charge is -2.12. The van der Waals surface area contributed by atoms with Crippen molar-refractivity contribution in [3.05, 3.63) is 29.8 Å². The van der Waals surface area contributed by atoms with Gasteiger partial charge >= 0.3 is 0 Å². The molecule has 0 heterocycles. The van der Waals surface area contributed by atoms with Crippen LogP contribution in [0, 0.1) is 0 Å². The van der Waals surface area contributed by atoms with E-state index in [1.165, 1.54) is 5.56 Å². The number of hydrogen-bond donors (Lipinski definition) is 3. The summed E-state index contributed by atoms with van der Waals surface area (Å²) in [6.07, 6.45) is 1.83. The smallest absolute Gasteiger partial charge is 0.243 e. The summed E-state index contributed by atoms with van der Waals surface area (Å²) in [6.45, 7) is 3.69. The molecular weight excluding hydrogens is 280 g/mol. The molecule has 0 spiro atoms. The van der Waals surface area contributed by atoms with Gasteiger partial charge in [0.2, 0.25) is 5.91 Å². The van der Waals surface area contributed by atoms with Crippen LogP contribution < -0.4 is 16.0 Å². The second kappa shape index (κ2) is 10.6. The Bertz CT molecular complexity index is 489. The highest BCUT2D eigenvalue weighted by Gasteiger charge is 2.04. The molecule has 1 amide bonds. The highest BCUT2D eigenvalue weighted by atomic mass is 16.5. The monoisotopic (exact) mass is 306 g/mol. The molecule has 0 saturated heterocycles. The quantitative estimate of drug-likeness (QED) is 0.385. The number of benzene rings is 1. The van der Waals surface area contributed by atoms with Gasteiger partial charge in [-0.2, -0.15) is 0 Å². The lowest BCUT2D eigenvalue weighted by Crippen LogP contribution is -2.41. The van der Waals surface area contributed by atoms with Gasteiger partial charge in [-0.1, -0.05) is 19.1 Å². The van der Waals surface area contributed by atoms with Crippen LogP contribution in [0.4, 0.5) is 5.69 Å². The van der Waals surface area contributed by atoms with Crippen LogP contribution in [0.1, 0.15) is 18.9 Å². The predicted octanol–water partition coefficient (Wildman–Crippen LogP) is 1.39. The standard InChI is InChI=1S/C16H26N4O2/c1-4-13-7-5-8-14(11-13)20-15(21)12-19-16(17-2)18-9-6-10-22-3/h5,7-8,11H,4,6,9-10,12H2,1-3H3,(H,20,21)(H2,17,18,19). The fourth-order valence-electron chi connectivity index (χ4n) is 1.88. The number of carbonyl (C=O) groups excluding carboxylic acids is 1. The van der Waals surface area contributed by atoms with E-state index in [1.807, 2.05) is 24.3 Å². The Morgan fingerprint density at radius 2 is 2.14 bits per heavy atom. The van der Waals surface area contributed by atoms with Gasteiger partial charge in [0.1, 0.15) is 0 Å². The van der Waals surface area contributed by atoms with E-state index in [0.29, 0.717) is 12.6 Å². The zero-order valence-corrected chi connectivity index (χ0v) is 13.6. The third-order valence-corrected chi connectivity index (χ3v) is 3.08. The van der Waals surface area contributed by atoms with Gasteiger partial charge in [-0.05, 0) is 30.5 Å². The molecule has 1 aromatic rings. The third kappa shape index (κ3) is 7.08. The van der Waals surface area contributed by atoms with Crippen LogP contribution in [0.5, 0.6) is 0 Å². The van der Waals surface area contributed by atoms with Crippen molar-refractivity contribution < 1.29 is 9.53 Å². The molecule has 0 aliphatic heterocycles. The predicted molar refractivity (Wildman–Crippen MR) is 90.3 cm³/mol. The number of hydrogen-bond acceptors (Lipinski definition) is 3. The molecule has 122 valence electrons. The van der Waals surface area contributed by atoms with Crippen LogP contribution in [0.2, 0.25) is 0 Å². The number of carbonyl (C=O) groups is 1. The van der Waals surface area contributed by atoms with Gasteiger partial charge < -0.3 is 20.7 Å². The minimum absolute atomic E-state index is 0.104. The Labute approximate surface area is 132 Å². The number of guanidine groups is 1. The molecule has 0 aliphatic carbocycles. The van der Waals surface area contributed by atoms with Gasteiger partial charge in [0.05, 0.1) is 6.54 Å². The van der Waals surface area contributed by atoms with Crippen molar-refractivity contribution in [2.45, 2.75) is 19.8 Å². The molecule has 0 aliphatic rings. The van der Waals surface area contributed by atoms with E-state index in [1.54, 1.807) is 14.2 Å². The Kier molecular flexibility index (Phi) is 8.67. The maximum atomic E-state index is 11.9. The van der Waals surface area contributed by atoms with Crippen molar-refractivity contribution in [3.63, 3.8) is 0 Å². The van der Waals surface area contributed by atoms with E-state index in [9.17, 15) is 4.79 Å². The molecule has 3 N–H and O–H groups in total. The van der Waals surface area contributed by atoms with E-state index >= 15 is 0 Å². The highest BCUT2D eigenvalue weighted by Crippen LogP contribution is 2.10. The number of nitrogens with one attached hydrogen (secondary N) is 3. The number of amides is 1. The molecule has 0 unspecified atom stereocenters. The number of aliphatic imine (C=N–C) groups is 1. The van der Waals surface area contributed by atoms with Crippen LogP contribution >= 0.6 is 0 Å². The average Bonchev–Trinajstić information content (AvgIpc) is 2.54. The Morgan fingerprint density at radius 1 is 1.32 bits per heavy atom. The zero-order valence-electron chi connectivity index (χ0n) is 13.6. The Morgan fingerprint density at radius 3 is 2.82 bits per heavy atom. The summed E-state index contributed by atoms with van der Waals surface area (Å²) in [7, 11) is 3.35. The number of anilines is 1. The van der Waals surface area contributed by atoms with E-state index in [-0.39, 0.29) is 12.5 Å². The van der Waals surface area contributed by atoms with Crippen molar-refractivity contribution in [1.82, 2.24) is 10.6 Å². The number of rotatable bonds is 8. The van der Waals surface area contributed by atoms with Crippen molar-refractivity contribution in [3.8, 4) is 0 Å². The average molecular weight is 306 g/mol. The van der Waals surface area contributed by atoms with Crippen molar-refractivity contribution in [2.75, 3.05) is 39.2 Å². The second-order valence-electron chi connectivity index (χ2n) is 4.80. The highest BCUT2D eigenvalue weighted by molar-refractivity contribution is 5.95. The van der Waals surface area contributed by atoms with Gasteiger partial charge in [0.15, 0.2) is 5.96 Å². The normalized spacial score (nSPS) is 11.1. The van der Waals surface area contributed by atoms with Crippen LogP contribution in [0.3, 0.4) is 0 Å². The molecule has 0 atom stereocenters. The fraction of sp³-hybridized carbons (Fsp3) is 0.500. The molecule has 6 heteroatoms. The maximum absolute atomic E-state index is 11.9. The minimum atomic E-state index is -0.104. The number of nitrogens with zero attached hydrogens (tertiary/aromatic N) is 1. The number of ether oxygens (including phenoxy) is 1. The molecule has 0 saturated carbocycles. The molecule has 0 bridgehead atoms. The zero-order chi connectivity index (χ0) is 16.2. The first-order chi connectivity index (χ1) is 10.7. The third-order valence-electron chi connectivity index (χ3n) is 3.08. The molecular formula is C16H26N4O2. The topological polar surface area (TPSA) is 74.8 Å². The van der Waals surface area contributed by atoms with E-state index in [0.717, 1.165) is 25.1 Å². The van der Waals surface area contributed by atoms with Gasteiger partial charge in [0.25, 0.3) is 0 Å². The molecule has 1 rings (SSSR count). The van der Waals surface area contributed by atoms with Gasteiger partial charge in [0, 0.05) is 33.0 Å². The molecule has 0 fully saturated rings. The fourth-order valence-corrected chi connectivity index (χ4v) is 1.88. The maximum Gasteiger partial charge on any atom is 0.243 e. The lowest BCUT2D eigenvalue weighted by molar-refractivity contribution is -0.115. The van der Waals surface area contributed by atoms with E-state index < -0.39 is 0 Å². The first kappa shape index (κ1) is 18.0. The summed E-state index contributed by atoms with van der Waals surface area (Å²) in [5, 5.41) is 8.97. The first-order valence-corrected chi connectivity index (χ1v) is 7.51. The van der Waals surface area contributed by atoms with Crippen LogP contribution in [-0.4, -0.2) is 45.7 Å². The largest absolute Gasteiger partial charge is 0.385 e. The van der Waals surface area contributed by atoms with Crippen LogP contribution in [-0.2, 0) is 16.0 Å². The van der Waals surface area contributed by atoms with E-state index in [2.05, 4.69) is 27.9 Å². The summed E-state index contributed by atoms with van der Waals surface area (Å²) >= 11 is 0. The van der Waals surface area contributed by atoms with Gasteiger partial charge in [-0.3, -0.25) is 9.79 Å². The minimum Gasteiger partial charge on any atom is -0.385 e. The summed E-state index contributed by atoms with van der Waals surface area (Å²) in [5.74, 6) is 0.502. The van der Waals surface area contributed by atoms with Gasteiger partial charge in [-0.15, -0.1) is 0 Å².